The Balaban J connectivity index is 2.28. The van der Waals surface area contributed by atoms with E-state index in [-0.39, 0.29) is 0 Å². The molecule has 0 aliphatic heterocycles. The van der Waals surface area contributed by atoms with E-state index in [9.17, 15) is 0 Å². The van der Waals surface area contributed by atoms with Crippen LogP contribution in [0.1, 0.15) is 11.3 Å². The standard InChI is InChI=1S/C18H21N3O2/c1-12-4-7-17-20-18(15(8-9-19)21(17)11-12)14-10-13(22-2)5-6-16(14)23-3/h4-7,10-11H,8-9,19H2,1-3H3. The van der Waals surface area contributed by atoms with Crippen molar-refractivity contribution in [3.05, 3.63) is 47.8 Å². The quantitative estimate of drug-likeness (QED) is 0.787. The summed E-state index contributed by atoms with van der Waals surface area (Å²) in [7, 11) is 3.31. The molecule has 0 spiro atoms. The Hall–Kier alpha value is -2.53. The van der Waals surface area contributed by atoms with Gasteiger partial charge in [-0.2, -0.15) is 0 Å². The van der Waals surface area contributed by atoms with Gasteiger partial charge >= 0.3 is 0 Å². The molecule has 23 heavy (non-hydrogen) atoms. The van der Waals surface area contributed by atoms with E-state index in [0.717, 1.165) is 40.5 Å². The molecule has 0 amide bonds. The van der Waals surface area contributed by atoms with Gasteiger partial charge in [-0.05, 0) is 43.3 Å². The van der Waals surface area contributed by atoms with Crippen LogP contribution in [0.3, 0.4) is 0 Å². The first kappa shape index (κ1) is 15.4. The van der Waals surface area contributed by atoms with Crippen LogP contribution in [0.5, 0.6) is 11.5 Å². The topological polar surface area (TPSA) is 61.8 Å². The van der Waals surface area contributed by atoms with E-state index in [0.29, 0.717) is 6.54 Å². The summed E-state index contributed by atoms with van der Waals surface area (Å²) in [5.41, 5.74) is 10.8. The number of aromatic nitrogens is 2. The number of hydrogen-bond donors (Lipinski definition) is 1. The van der Waals surface area contributed by atoms with Gasteiger partial charge in [-0.15, -0.1) is 0 Å². The molecule has 2 N–H and O–H groups in total. The number of nitrogens with two attached hydrogens (primary N) is 1. The minimum absolute atomic E-state index is 0.557. The molecule has 1 aromatic carbocycles. The summed E-state index contributed by atoms with van der Waals surface area (Å²) in [5.74, 6) is 1.54. The van der Waals surface area contributed by atoms with Crippen LogP contribution in [0.15, 0.2) is 36.5 Å². The van der Waals surface area contributed by atoms with Crippen molar-refractivity contribution in [1.29, 1.82) is 0 Å². The normalized spacial score (nSPS) is 11.0. The first-order chi connectivity index (χ1) is 11.2. The SMILES string of the molecule is COc1ccc(OC)c(-c2nc3ccc(C)cn3c2CCN)c1. The van der Waals surface area contributed by atoms with Crippen LogP contribution < -0.4 is 15.2 Å². The van der Waals surface area contributed by atoms with Crippen molar-refractivity contribution in [2.75, 3.05) is 20.8 Å². The van der Waals surface area contributed by atoms with Crippen molar-refractivity contribution < 1.29 is 9.47 Å². The number of methoxy groups -OCH3 is 2. The second-order valence-electron chi connectivity index (χ2n) is 5.45. The molecule has 0 bridgehead atoms. The summed E-state index contributed by atoms with van der Waals surface area (Å²) < 4.78 is 13.0. The molecule has 120 valence electrons. The van der Waals surface area contributed by atoms with Gasteiger partial charge < -0.3 is 19.6 Å². The molecule has 0 saturated carbocycles. The van der Waals surface area contributed by atoms with Crippen LogP contribution in [-0.4, -0.2) is 30.1 Å². The van der Waals surface area contributed by atoms with Gasteiger partial charge in [0.15, 0.2) is 0 Å². The van der Waals surface area contributed by atoms with Crippen LogP contribution in [0.25, 0.3) is 16.9 Å². The number of imidazole rings is 1. The maximum Gasteiger partial charge on any atom is 0.137 e. The summed E-state index contributed by atoms with van der Waals surface area (Å²) in [6.45, 7) is 2.62. The monoisotopic (exact) mass is 311 g/mol. The van der Waals surface area contributed by atoms with Crippen molar-refractivity contribution in [3.63, 3.8) is 0 Å². The minimum Gasteiger partial charge on any atom is -0.497 e. The van der Waals surface area contributed by atoms with Crippen molar-refractivity contribution in [2.24, 2.45) is 5.73 Å². The fraction of sp³-hybridized carbons (Fsp3) is 0.278. The lowest BCUT2D eigenvalue weighted by Crippen LogP contribution is -2.06. The molecule has 0 saturated heterocycles. The van der Waals surface area contributed by atoms with Crippen LogP contribution in [-0.2, 0) is 6.42 Å². The highest BCUT2D eigenvalue weighted by molar-refractivity contribution is 5.74. The molecule has 2 heterocycles. The Morgan fingerprint density at radius 1 is 1.13 bits per heavy atom. The largest absolute Gasteiger partial charge is 0.497 e. The third-order valence-corrected chi connectivity index (χ3v) is 3.91. The predicted octanol–water partition coefficient (Wildman–Crippen LogP) is 2.83. The van der Waals surface area contributed by atoms with E-state index in [1.807, 2.05) is 24.3 Å². The number of benzene rings is 1. The summed E-state index contributed by atoms with van der Waals surface area (Å²) in [6.07, 6.45) is 2.82. The first-order valence-corrected chi connectivity index (χ1v) is 7.58. The number of ether oxygens (including phenoxy) is 2. The van der Waals surface area contributed by atoms with Crippen LogP contribution in [0, 0.1) is 6.92 Å². The molecule has 3 rings (SSSR count). The van der Waals surface area contributed by atoms with E-state index in [1.165, 1.54) is 5.56 Å². The van der Waals surface area contributed by atoms with Gasteiger partial charge in [0.1, 0.15) is 17.1 Å². The summed E-state index contributed by atoms with van der Waals surface area (Å²) in [6, 6.07) is 9.81. The Labute approximate surface area is 135 Å². The van der Waals surface area contributed by atoms with Gasteiger partial charge in [-0.1, -0.05) is 6.07 Å². The number of pyridine rings is 1. The third kappa shape index (κ3) is 2.75. The van der Waals surface area contributed by atoms with Gasteiger partial charge in [0.2, 0.25) is 0 Å². The molecule has 0 aliphatic rings. The summed E-state index contributed by atoms with van der Waals surface area (Å²) in [5, 5.41) is 0. The zero-order chi connectivity index (χ0) is 16.4. The molecular formula is C18H21N3O2. The lowest BCUT2D eigenvalue weighted by molar-refractivity contribution is 0.404. The highest BCUT2D eigenvalue weighted by Gasteiger charge is 2.17. The zero-order valence-electron chi connectivity index (χ0n) is 13.7. The minimum atomic E-state index is 0.557. The smallest absolute Gasteiger partial charge is 0.137 e. The number of hydrogen-bond acceptors (Lipinski definition) is 4. The van der Waals surface area contributed by atoms with E-state index in [4.69, 9.17) is 20.2 Å². The van der Waals surface area contributed by atoms with E-state index >= 15 is 0 Å². The van der Waals surface area contributed by atoms with Gasteiger partial charge in [0.25, 0.3) is 0 Å². The van der Waals surface area contributed by atoms with E-state index in [1.54, 1.807) is 14.2 Å². The molecule has 0 radical (unpaired) electrons. The molecular weight excluding hydrogens is 290 g/mol. The second-order valence-corrected chi connectivity index (χ2v) is 5.45. The molecule has 0 atom stereocenters. The average molecular weight is 311 g/mol. The highest BCUT2D eigenvalue weighted by Crippen LogP contribution is 2.35. The third-order valence-electron chi connectivity index (χ3n) is 3.91. The molecule has 0 aliphatic carbocycles. The molecule has 2 aromatic heterocycles. The molecule has 5 heteroatoms. The number of rotatable bonds is 5. The van der Waals surface area contributed by atoms with E-state index in [2.05, 4.69) is 23.6 Å². The fourth-order valence-corrected chi connectivity index (χ4v) is 2.79. The van der Waals surface area contributed by atoms with Crippen molar-refractivity contribution in [1.82, 2.24) is 9.38 Å². The van der Waals surface area contributed by atoms with Crippen molar-refractivity contribution in [3.8, 4) is 22.8 Å². The number of fused-ring (bicyclic) bond motifs is 1. The Bertz CT molecular complexity index is 840. The lowest BCUT2D eigenvalue weighted by Gasteiger charge is -2.10. The van der Waals surface area contributed by atoms with Gasteiger partial charge in [-0.25, -0.2) is 4.98 Å². The van der Waals surface area contributed by atoms with Crippen molar-refractivity contribution >= 4 is 5.65 Å². The maximum absolute atomic E-state index is 5.83. The summed E-state index contributed by atoms with van der Waals surface area (Å²) in [4.78, 5) is 4.80. The predicted molar refractivity (Wildman–Crippen MR) is 91.2 cm³/mol. The van der Waals surface area contributed by atoms with Crippen LogP contribution >= 0.6 is 0 Å². The van der Waals surface area contributed by atoms with Gasteiger partial charge in [0.05, 0.1) is 25.6 Å². The zero-order valence-corrected chi connectivity index (χ0v) is 13.7. The molecule has 5 nitrogen and oxygen atoms in total. The van der Waals surface area contributed by atoms with Gasteiger partial charge in [0, 0.05) is 18.2 Å². The molecule has 0 unspecified atom stereocenters. The lowest BCUT2D eigenvalue weighted by atomic mass is 10.1. The van der Waals surface area contributed by atoms with Crippen LogP contribution in [0.2, 0.25) is 0 Å². The van der Waals surface area contributed by atoms with Crippen molar-refractivity contribution in [2.45, 2.75) is 13.3 Å². The van der Waals surface area contributed by atoms with Crippen LogP contribution in [0.4, 0.5) is 0 Å². The number of aryl methyl sites for hydroxylation is 1. The Kier molecular flexibility index (Phi) is 4.21. The fourth-order valence-electron chi connectivity index (χ4n) is 2.79. The van der Waals surface area contributed by atoms with E-state index < -0.39 is 0 Å². The highest BCUT2D eigenvalue weighted by atomic mass is 16.5. The second kappa shape index (κ2) is 6.30. The Morgan fingerprint density at radius 2 is 1.96 bits per heavy atom. The molecule has 0 fully saturated rings. The Morgan fingerprint density at radius 3 is 2.65 bits per heavy atom. The van der Waals surface area contributed by atoms with Gasteiger partial charge in [-0.3, -0.25) is 0 Å². The average Bonchev–Trinajstić information content (AvgIpc) is 2.92. The summed E-state index contributed by atoms with van der Waals surface area (Å²) >= 11 is 0. The maximum atomic E-state index is 5.83. The number of nitrogens with zero attached hydrogens (tertiary/aromatic N) is 2. The molecule has 3 aromatic rings. The first-order valence-electron chi connectivity index (χ1n) is 7.58.